The third-order valence-corrected chi connectivity index (χ3v) is 7.25. The Morgan fingerprint density at radius 3 is 2.49 bits per heavy atom. The van der Waals surface area contributed by atoms with Crippen LogP contribution in [0.15, 0.2) is 29.1 Å². The summed E-state index contributed by atoms with van der Waals surface area (Å²) in [5.74, 6) is -1.16. The SMILES string of the molecule is CCN(CC)C(=O)CNC12CCC(CC1)Cn1c2nc(C(=O)NCc2ccc(F)cc2)c(O)c1=O. The van der Waals surface area contributed by atoms with Crippen molar-refractivity contribution in [2.75, 3.05) is 19.6 Å². The molecule has 0 spiro atoms. The quantitative estimate of drug-likeness (QED) is 0.526. The number of carbonyl (C=O) groups excluding carboxylic acids is 2. The van der Waals surface area contributed by atoms with Gasteiger partial charge in [-0.1, -0.05) is 12.1 Å². The van der Waals surface area contributed by atoms with Crippen LogP contribution in [0.25, 0.3) is 0 Å². The van der Waals surface area contributed by atoms with Crippen molar-refractivity contribution in [2.45, 2.75) is 58.2 Å². The number of rotatable bonds is 8. The first-order valence-corrected chi connectivity index (χ1v) is 12.2. The van der Waals surface area contributed by atoms with Crippen molar-refractivity contribution in [3.63, 3.8) is 0 Å². The average molecular weight is 486 g/mol. The van der Waals surface area contributed by atoms with Crippen molar-refractivity contribution in [3.8, 4) is 5.75 Å². The Morgan fingerprint density at radius 2 is 1.86 bits per heavy atom. The molecule has 10 heteroatoms. The van der Waals surface area contributed by atoms with E-state index in [1.54, 1.807) is 17.0 Å². The second-order valence-electron chi connectivity index (χ2n) is 9.30. The first-order valence-electron chi connectivity index (χ1n) is 12.2. The lowest BCUT2D eigenvalue weighted by molar-refractivity contribution is -0.130. The lowest BCUT2D eigenvalue weighted by Gasteiger charge is -2.37. The minimum absolute atomic E-state index is 0.0410. The number of fused-ring (bicyclic) bond motifs is 2. The molecular formula is C25H32FN5O4. The van der Waals surface area contributed by atoms with Crippen LogP contribution < -0.4 is 16.2 Å². The summed E-state index contributed by atoms with van der Waals surface area (Å²) in [5.41, 5.74) is -1.08. The van der Waals surface area contributed by atoms with Crippen molar-refractivity contribution in [1.29, 1.82) is 0 Å². The summed E-state index contributed by atoms with van der Waals surface area (Å²) in [6.07, 6.45) is 3.05. The maximum atomic E-state index is 13.2. The molecule has 35 heavy (non-hydrogen) atoms. The highest BCUT2D eigenvalue weighted by molar-refractivity contribution is 5.94. The summed E-state index contributed by atoms with van der Waals surface area (Å²) in [6, 6.07) is 5.66. The molecule has 2 amide bonds. The first-order chi connectivity index (χ1) is 16.8. The smallest absolute Gasteiger partial charge is 0.296 e. The van der Waals surface area contributed by atoms with Crippen LogP contribution in [0.2, 0.25) is 0 Å². The molecule has 1 fully saturated rings. The maximum Gasteiger partial charge on any atom is 0.296 e. The van der Waals surface area contributed by atoms with Gasteiger partial charge in [0.2, 0.25) is 11.7 Å². The summed E-state index contributed by atoms with van der Waals surface area (Å²) in [4.78, 5) is 45.0. The minimum atomic E-state index is -0.741. The molecule has 1 saturated carbocycles. The Bertz CT molecular complexity index is 1150. The van der Waals surface area contributed by atoms with Gasteiger partial charge in [-0.3, -0.25) is 24.3 Å². The molecule has 3 heterocycles. The van der Waals surface area contributed by atoms with E-state index in [1.165, 1.54) is 16.7 Å². The zero-order chi connectivity index (χ0) is 25.2. The van der Waals surface area contributed by atoms with E-state index in [0.717, 1.165) is 12.8 Å². The van der Waals surface area contributed by atoms with E-state index in [-0.39, 0.29) is 36.4 Å². The van der Waals surface area contributed by atoms with Crippen LogP contribution in [0.4, 0.5) is 4.39 Å². The van der Waals surface area contributed by atoms with Gasteiger partial charge in [-0.25, -0.2) is 9.37 Å². The first kappa shape index (κ1) is 24.8. The monoisotopic (exact) mass is 485 g/mol. The predicted octanol–water partition coefficient (Wildman–Crippen LogP) is 1.88. The number of benzene rings is 1. The molecule has 1 aromatic heterocycles. The van der Waals surface area contributed by atoms with E-state index in [0.29, 0.717) is 43.9 Å². The Balaban J connectivity index is 1.64. The molecule has 0 unspecified atom stereocenters. The standard InChI is InChI=1S/C25H32FN5O4/c1-3-30(4-2)19(32)14-28-25-11-9-17(10-12-25)15-31-23(35)21(33)20(29-24(25)31)22(34)27-13-16-5-7-18(26)8-6-16/h5-8,17,28,33H,3-4,9-15H2,1-2H3,(H,27,34). The van der Waals surface area contributed by atoms with E-state index in [1.807, 2.05) is 13.8 Å². The fourth-order valence-electron chi connectivity index (χ4n) is 5.13. The summed E-state index contributed by atoms with van der Waals surface area (Å²) in [5, 5.41) is 16.6. The van der Waals surface area contributed by atoms with Gasteiger partial charge in [0.25, 0.3) is 11.5 Å². The van der Waals surface area contributed by atoms with Crippen LogP contribution in [-0.4, -0.2) is 51.0 Å². The molecule has 9 nitrogen and oxygen atoms in total. The predicted molar refractivity (Wildman–Crippen MR) is 127 cm³/mol. The lowest BCUT2D eigenvalue weighted by atomic mass is 9.77. The van der Waals surface area contributed by atoms with Gasteiger partial charge in [0.1, 0.15) is 11.6 Å². The highest BCUT2D eigenvalue weighted by atomic mass is 19.1. The molecule has 3 N–H and O–H groups in total. The number of likely N-dealkylation sites (N-methyl/N-ethyl adjacent to an activating group) is 1. The van der Waals surface area contributed by atoms with E-state index in [2.05, 4.69) is 15.6 Å². The van der Waals surface area contributed by atoms with Crippen LogP contribution in [0, 0.1) is 11.7 Å². The number of aromatic hydroxyl groups is 1. The van der Waals surface area contributed by atoms with Crippen molar-refractivity contribution in [3.05, 3.63) is 57.5 Å². The summed E-state index contributed by atoms with van der Waals surface area (Å²) in [7, 11) is 0. The largest absolute Gasteiger partial charge is 0.501 e. The number of hydrogen-bond acceptors (Lipinski definition) is 6. The van der Waals surface area contributed by atoms with Gasteiger partial charge in [0, 0.05) is 26.2 Å². The third-order valence-electron chi connectivity index (χ3n) is 7.25. The average Bonchev–Trinajstić information content (AvgIpc) is 3.11. The van der Waals surface area contributed by atoms with Crippen molar-refractivity contribution in [1.82, 2.24) is 25.1 Å². The number of carbonyl (C=O) groups is 2. The van der Waals surface area contributed by atoms with Crippen molar-refractivity contribution >= 4 is 11.8 Å². The molecular weight excluding hydrogens is 453 g/mol. The Labute approximate surface area is 203 Å². The molecule has 188 valence electrons. The van der Waals surface area contributed by atoms with E-state index in [4.69, 9.17) is 0 Å². The number of nitrogens with zero attached hydrogens (tertiary/aromatic N) is 3. The normalized spacial score (nSPS) is 20.7. The van der Waals surface area contributed by atoms with Crippen LogP contribution in [-0.2, 0) is 23.4 Å². The topological polar surface area (TPSA) is 117 Å². The van der Waals surface area contributed by atoms with Gasteiger partial charge in [-0.05, 0) is 63.1 Å². The molecule has 2 aromatic rings. The molecule has 1 aliphatic carbocycles. The van der Waals surface area contributed by atoms with Crippen LogP contribution in [0.3, 0.4) is 0 Å². The van der Waals surface area contributed by atoms with Gasteiger partial charge in [-0.2, -0.15) is 0 Å². The number of aromatic nitrogens is 2. The fraction of sp³-hybridized carbons (Fsp3) is 0.520. The zero-order valence-corrected chi connectivity index (χ0v) is 20.1. The summed E-state index contributed by atoms with van der Waals surface area (Å²) < 4.78 is 14.6. The van der Waals surface area contributed by atoms with Crippen LogP contribution in [0.1, 0.15) is 61.4 Å². The van der Waals surface area contributed by atoms with Gasteiger partial charge in [0.15, 0.2) is 5.69 Å². The third kappa shape index (κ3) is 4.93. The molecule has 0 saturated heterocycles. The number of halogens is 1. The highest BCUT2D eigenvalue weighted by Gasteiger charge is 2.45. The van der Waals surface area contributed by atoms with Gasteiger partial charge in [0.05, 0.1) is 12.1 Å². The summed E-state index contributed by atoms with van der Waals surface area (Å²) >= 11 is 0. The number of nitrogens with one attached hydrogen (secondary N) is 2. The van der Waals surface area contributed by atoms with Gasteiger partial charge >= 0.3 is 0 Å². The van der Waals surface area contributed by atoms with Gasteiger partial charge < -0.3 is 15.3 Å². The fourth-order valence-corrected chi connectivity index (χ4v) is 5.13. The Hall–Kier alpha value is -3.27. The van der Waals surface area contributed by atoms with Crippen molar-refractivity contribution < 1.29 is 19.1 Å². The van der Waals surface area contributed by atoms with Crippen molar-refractivity contribution in [2.24, 2.45) is 5.92 Å². The molecule has 2 aliphatic heterocycles. The minimum Gasteiger partial charge on any atom is -0.501 e. The molecule has 2 bridgehead atoms. The lowest BCUT2D eigenvalue weighted by Crippen LogP contribution is -2.51. The number of hydrogen-bond donors (Lipinski definition) is 3. The highest BCUT2D eigenvalue weighted by Crippen LogP contribution is 2.42. The Morgan fingerprint density at radius 1 is 1.20 bits per heavy atom. The van der Waals surface area contributed by atoms with E-state index in [9.17, 15) is 23.9 Å². The molecule has 3 aliphatic rings. The Kier molecular flexibility index (Phi) is 7.20. The molecule has 1 aromatic carbocycles. The maximum absolute atomic E-state index is 13.2. The second-order valence-corrected chi connectivity index (χ2v) is 9.30. The van der Waals surface area contributed by atoms with Crippen LogP contribution >= 0.6 is 0 Å². The van der Waals surface area contributed by atoms with E-state index < -0.39 is 22.8 Å². The van der Waals surface area contributed by atoms with Crippen LogP contribution in [0.5, 0.6) is 5.75 Å². The molecule has 5 rings (SSSR count). The molecule has 0 atom stereocenters. The molecule has 0 radical (unpaired) electrons. The zero-order valence-electron chi connectivity index (χ0n) is 20.1. The van der Waals surface area contributed by atoms with Gasteiger partial charge in [-0.15, -0.1) is 0 Å². The number of amides is 2. The second kappa shape index (κ2) is 10.2. The summed E-state index contributed by atoms with van der Waals surface area (Å²) in [6.45, 7) is 5.65. The van der Waals surface area contributed by atoms with E-state index >= 15 is 0 Å².